The molecule has 0 aromatic heterocycles. The van der Waals surface area contributed by atoms with Crippen LogP contribution in [0.2, 0.25) is 0 Å². The van der Waals surface area contributed by atoms with E-state index in [1.54, 1.807) is 0 Å². The van der Waals surface area contributed by atoms with E-state index in [1.807, 2.05) is 12.1 Å². The SMILES string of the molecule is CC1Cc2ccccc2N(c2cccc(Br)c2C(N)=S)C1. The van der Waals surface area contributed by atoms with E-state index in [0.717, 1.165) is 28.7 Å². The number of fused-ring (bicyclic) bond motifs is 1. The summed E-state index contributed by atoms with van der Waals surface area (Å²) in [6.45, 7) is 3.25. The van der Waals surface area contributed by atoms with Crippen LogP contribution in [0, 0.1) is 5.92 Å². The van der Waals surface area contributed by atoms with Crippen LogP contribution in [0.25, 0.3) is 0 Å². The quantitative estimate of drug-likeness (QED) is 0.804. The average molecular weight is 361 g/mol. The predicted octanol–water partition coefficient (Wildman–Crippen LogP) is 4.41. The van der Waals surface area contributed by atoms with Gasteiger partial charge in [0.2, 0.25) is 0 Å². The highest BCUT2D eigenvalue weighted by Crippen LogP contribution is 2.38. The number of rotatable bonds is 2. The summed E-state index contributed by atoms with van der Waals surface area (Å²) in [4.78, 5) is 2.76. The molecule has 21 heavy (non-hydrogen) atoms. The molecule has 2 aromatic rings. The van der Waals surface area contributed by atoms with Gasteiger partial charge >= 0.3 is 0 Å². The van der Waals surface area contributed by atoms with Gasteiger partial charge in [0.1, 0.15) is 4.99 Å². The molecule has 0 amide bonds. The summed E-state index contributed by atoms with van der Waals surface area (Å²) in [6.07, 6.45) is 1.11. The molecule has 2 N–H and O–H groups in total. The first-order chi connectivity index (χ1) is 10.1. The van der Waals surface area contributed by atoms with Gasteiger partial charge in [-0.1, -0.05) is 43.4 Å². The second-order valence-electron chi connectivity index (χ2n) is 5.55. The van der Waals surface area contributed by atoms with Gasteiger partial charge in [-0.3, -0.25) is 0 Å². The third kappa shape index (κ3) is 2.70. The number of nitrogens with zero attached hydrogens (tertiary/aromatic N) is 1. The second-order valence-corrected chi connectivity index (χ2v) is 6.84. The summed E-state index contributed by atoms with van der Waals surface area (Å²) in [6, 6.07) is 14.7. The molecule has 4 heteroatoms. The average Bonchev–Trinajstić information content (AvgIpc) is 2.45. The lowest BCUT2D eigenvalue weighted by atomic mass is 9.93. The van der Waals surface area contributed by atoms with Crippen LogP contribution in [0.15, 0.2) is 46.9 Å². The summed E-state index contributed by atoms with van der Waals surface area (Å²) in [5, 5.41) is 0. The maximum Gasteiger partial charge on any atom is 0.107 e. The van der Waals surface area contributed by atoms with Crippen molar-refractivity contribution in [2.75, 3.05) is 11.4 Å². The lowest BCUT2D eigenvalue weighted by Gasteiger charge is -2.36. The minimum Gasteiger partial charge on any atom is -0.389 e. The van der Waals surface area contributed by atoms with E-state index in [9.17, 15) is 0 Å². The molecule has 2 nitrogen and oxygen atoms in total. The molecule has 0 spiro atoms. The monoisotopic (exact) mass is 360 g/mol. The lowest BCUT2D eigenvalue weighted by molar-refractivity contribution is 0.562. The van der Waals surface area contributed by atoms with Gasteiger partial charge in [-0.15, -0.1) is 0 Å². The van der Waals surface area contributed by atoms with Gasteiger partial charge < -0.3 is 10.6 Å². The highest BCUT2D eigenvalue weighted by Gasteiger charge is 2.25. The molecule has 0 bridgehead atoms. The molecule has 1 aliphatic rings. The van der Waals surface area contributed by atoms with E-state index >= 15 is 0 Å². The Morgan fingerprint density at radius 2 is 1.90 bits per heavy atom. The van der Waals surface area contributed by atoms with Crippen molar-refractivity contribution in [3.8, 4) is 0 Å². The number of anilines is 2. The predicted molar refractivity (Wildman–Crippen MR) is 96.3 cm³/mol. The molecule has 0 fully saturated rings. The zero-order chi connectivity index (χ0) is 15.0. The molecule has 0 aliphatic carbocycles. The van der Waals surface area contributed by atoms with Crippen LogP contribution >= 0.6 is 28.1 Å². The lowest BCUT2D eigenvalue weighted by Crippen LogP contribution is -2.32. The van der Waals surface area contributed by atoms with Crippen LogP contribution < -0.4 is 10.6 Å². The van der Waals surface area contributed by atoms with Crippen molar-refractivity contribution in [2.24, 2.45) is 11.7 Å². The Morgan fingerprint density at radius 3 is 2.67 bits per heavy atom. The summed E-state index contributed by atoms with van der Waals surface area (Å²) in [7, 11) is 0. The normalized spacial score (nSPS) is 17.4. The van der Waals surface area contributed by atoms with E-state index in [2.05, 4.69) is 58.1 Å². The smallest absolute Gasteiger partial charge is 0.107 e. The highest BCUT2D eigenvalue weighted by atomic mass is 79.9. The Morgan fingerprint density at radius 1 is 1.19 bits per heavy atom. The molecule has 3 rings (SSSR count). The van der Waals surface area contributed by atoms with Crippen molar-refractivity contribution in [3.63, 3.8) is 0 Å². The fourth-order valence-corrected chi connectivity index (χ4v) is 3.92. The van der Waals surface area contributed by atoms with Crippen LogP contribution in [-0.4, -0.2) is 11.5 Å². The van der Waals surface area contributed by atoms with Crippen molar-refractivity contribution in [1.82, 2.24) is 0 Å². The van der Waals surface area contributed by atoms with Gasteiger partial charge in [0, 0.05) is 22.3 Å². The van der Waals surface area contributed by atoms with E-state index in [0.29, 0.717) is 10.9 Å². The molecule has 0 saturated carbocycles. The summed E-state index contributed by atoms with van der Waals surface area (Å²) in [5.41, 5.74) is 10.6. The first-order valence-electron chi connectivity index (χ1n) is 7.01. The van der Waals surface area contributed by atoms with Crippen molar-refractivity contribution >= 4 is 44.5 Å². The second kappa shape index (κ2) is 5.78. The molecule has 108 valence electrons. The molecular formula is C17H17BrN2S. The summed E-state index contributed by atoms with van der Waals surface area (Å²) >= 11 is 8.83. The first kappa shape index (κ1) is 14.5. The molecule has 1 unspecified atom stereocenters. The Kier molecular flexibility index (Phi) is 4.00. The number of thiocarbonyl (C=S) groups is 1. The number of nitrogens with two attached hydrogens (primary N) is 1. The Bertz CT molecular complexity index is 699. The van der Waals surface area contributed by atoms with Gasteiger partial charge in [-0.2, -0.15) is 0 Å². The summed E-state index contributed by atoms with van der Waals surface area (Å²) in [5.74, 6) is 0.595. The maximum atomic E-state index is 5.95. The molecule has 0 radical (unpaired) electrons. The number of hydrogen-bond donors (Lipinski definition) is 1. The number of benzene rings is 2. The van der Waals surface area contributed by atoms with Gasteiger partial charge in [0.25, 0.3) is 0 Å². The topological polar surface area (TPSA) is 29.3 Å². The first-order valence-corrected chi connectivity index (χ1v) is 8.22. The van der Waals surface area contributed by atoms with Crippen molar-refractivity contribution < 1.29 is 0 Å². The Hall–Kier alpha value is -1.39. The maximum absolute atomic E-state index is 5.95. The fraction of sp³-hybridized carbons (Fsp3) is 0.235. The third-order valence-corrected chi connectivity index (χ3v) is 4.74. The minimum absolute atomic E-state index is 0.424. The van der Waals surface area contributed by atoms with Gasteiger partial charge in [0.05, 0.1) is 5.69 Å². The van der Waals surface area contributed by atoms with E-state index in [1.165, 1.54) is 11.3 Å². The van der Waals surface area contributed by atoms with Gasteiger partial charge in [-0.25, -0.2) is 0 Å². The Balaban J connectivity index is 2.18. The van der Waals surface area contributed by atoms with Crippen LogP contribution in [0.3, 0.4) is 0 Å². The molecule has 0 saturated heterocycles. The molecule has 1 atom stereocenters. The van der Waals surface area contributed by atoms with Crippen LogP contribution in [0.1, 0.15) is 18.1 Å². The fourth-order valence-electron chi connectivity index (χ4n) is 3.01. The van der Waals surface area contributed by atoms with E-state index in [-0.39, 0.29) is 0 Å². The Labute approximate surface area is 139 Å². The largest absolute Gasteiger partial charge is 0.389 e. The van der Waals surface area contributed by atoms with Crippen molar-refractivity contribution in [3.05, 3.63) is 58.1 Å². The molecule has 1 heterocycles. The molecule has 2 aromatic carbocycles. The third-order valence-electron chi connectivity index (χ3n) is 3.87. The molecule has 1 aliphatic heterocycles. The van der Waals surface area contributed by atoms with Crippen molar-refractivity contribution in [2.45, 2.75) is 13.3 Å². The van der Waals surface area contributed by atoms with E-state index in [4.69, 9.17) is 18.0 Å². The van der Waals surface area contributed by atoms with Crippen molar-refractivity contribution in [1.29, 1.82) is 0 Å². The van der Waals surface area contributed by atoms with Crippen LogP contribution in [0.4, 0.5) is 11.4 Å². The highest BCUT2D eigenvalue weighted by molar-refractivity contribution is 9.10. The zero-order valence-electron chi connectivity index (χ0n) is 11.8. The van der Waals surface area contributed by atoms with E-state index < -0.39 is 0 Å². The van der Waals surface area contributed by atoms with Crippen LogP contribution in [0.5, 0.6) is 0 Å². The minimum atomic E-state index is 0.424. The number of para-hydroxylation sites is 1. The van der Waals surface area contributed by atoms with Crippen LogP contribution in [-0.2, 0) is 6.42 Å². The standard InChI is InChI=1S/C17H17BrN2S/c1-11-9-12-5-2-3-7-14(12)20(10-11)15-8-4-6-13(18)16(15)17(19)21/h2-8,11H,9-10H2,1H3,(H2,19,21). The summed E-state index contributed by atoms with van der Waals surface area (Å²) < 4.78 is 0.947. The number of halogens is 1. The zero-order valence-corrected chi connectivity index (χ0v) is 14.2. The molecular weight excluding hydrogens is 344 g/mol. The van der Waals surface area contributed by atoms with Gasteiger partial charge in [-0.05, 0) is 52.0 Å². The van der Waals surface area contributed by atoms with Gasteiger partial charge in [0.15, 0.2) is 0 Å². The number of hydrogen-bond acceptors (Lipinski definition) is 2.